The number of anilines is 3. The highest BCUT2D eigenvalue weighted by atomic mass is 16.6. The van der Waals surface area contributed by atoms with Gasteiger partial charge in [-0.25, -0.2) is 0 Å². The number of nitrogens with one attached hydrogen (secondary N) is 1. The van der Waals surface area contributed by atoms with Crippen molar-refractivity contribution in [1.29, 1.82) is 0 Å². The first-order valence-electron chi connectivity index (χ1n) is 8.89. The van der Waals surface area contributed by atoms with Crippen LogP contribution >= 0.6 is 0 Å². The Balaban J connectivity index is 1.79. The number of benzene rings is 1. The second-order valence-electron chi connectivity index (χ2n) is 6.72. The van der Waals surface area contributed by atoms with E-state index < -0.39 is 4.92 Å². The Morgan fingerprint density at radius 1 is 1.35 bits per heavy atom. The van der Waals surface area contributed by atoms with Crippen molar-refractivity contribution in [2.45, 2.75) is 26.2 Å². The lowest BCUT2D eigenvalue weighted by molar-refractivity contribution is -0.383. The van der Waals surface area contributed by atoms with Gasteiger partial charge in [-0.3, -0.25) is 10.1 Å². The molecule has 2 heterocycles. The van der Waals surface area contributed by atoms with Crippen LogP contribution in [0.1, 0.15) is 25.3 Å². The van der Waals surface area contributed by atoms with Crippen LogP contribution in [0.15, 0.2) is 30.3 Å². The highest BCUT2D eigenvalue weighted by molar-refractivity contribution is 5.71. The number of nitro groups is 1. The van der Waals surface area contributed by atoms with E-state index in [9.17, 15) is 10.1 Å². The van der Waals surface area contributed by atoms with Gasteiger partial charge in [0.05, 0.1) is 4.92 Å². The number of rotatable bonds is 6. The van der Waals surface area contributed by atoms with Crippen LogP contribution in [0.4, 0.5) is 23.3 Å². The zero-order valence-electron chi connectivity index (χ0n) is 14.9. The lowest BCUT2D eigenvalue weighted by Crippen LogP contribution is -2.35. The molecule has 1 fully saturated rings. The molecule has 1 aliphatic heterocycles. The fourth-order valence-electron chi connectivity index (χ4n) is 3.28. The van der Waals surface area contributed by atoms with Crippen molar-refractivity contribution in [3.63, 3.8) is 0 Å². The Labute approximate surface area is 152 Å². The number of aromatic nitrogens is 2. The van der Waals surface area contributed by atoms with Crippen molar-refractivity contribution < 1.29 is 4.92 Å². The summed E-state index contributed by atoms with van der Waals surface area (Å²) in [5.74, 6) is 1.02. The second kappa shape index (κ2) is 7.99. The van der Waals surface area contributed by atoms with E-state index in [1.807, 2.05) is 35.2 Å². The standard InChI is InChI=1S/C18H24N6O2/c1-13-6-5-11-23(12-13)17-15(24(25)26)16(19)21-18(22-17)20-10-9-14-7-3-2-4-8-14/h2-4,7-8,13H,5-6,9-12H2,1H3,(H3,19,20,21,22). The van der Waals surface area contributed by atoms with Crippen molar-refractivity contribution in [1.82, 2.24) is 9.97 Å². The minimum atomic E-state index is -0.488. The molecule has 3 rings (SSSR count). The zero-order chi connectivity index (χ0) is 18.5. The Morgan fingerprint density at radius 2 is 2.12 bits per heavy atom. The summed E-state index contributed by atoms with van der Waals surface area (Å²) in [6.45, 7) is 4.24. The number of hydrogen-bond acceptors (Lipinski definition) is 7. The maximum absolute atomic E-state index is 11.5. The number of piperidine rings is 1. The predicted octanol–water partition coefficient (Wildman–Crippen LogP) is 2.86. The molecule has 8 heteroatoms. The van der Waals surface area contributed by atoms with Crippen LogP contribution < -0.4 is 16.0 Å². The fourth-order valence-corrected chi connectivity index (χ4v) is 3.28. The van der Waals surface area contributed by atoms with E-state index >= 15 is 0 Å². The molecule has 0 bridgehead atoms. The summed E-state index contributed by atoms with van der Waals surface area (Å²) in [4.78, 5) is 21.5. The quantitative estimate of drug-likeness (QED) is 0.605. The second-order valence-corrected chi connectivity index (χ2v) is 6.72. The molecule has 0 aliphatic carbocycles. The summed E-state index contributed by atoms with van der Waals surface area (Å²) < 4.78 is 0. The number of nitrogens with two attached hydrogens (primary N) is 1. The van der Waals surface area contributed by atoms with Crippen LogP contribution in [0.3, 0.4) is 0 Å². The minimum Gasteiger partial charge on any atom is -0.378 e. The molecular formula is C18H24N6O2. The summed E-state index contributed by atoms with van der Waals surface area (Å²) in [7, 11) is 0. The molecule has 0 spiro atoms. The van der Waals surface area contributed by atoms with E-state index in [0.29, 0.717) is 24.2 Å². The molecule has 26 heavy (non-hydrogen) atoms. The maximum Gasteiger partial charge on any atom is 0.353 e. The molecule has 8 nitrogen and oxygen atoms in total. The van der Waals surface area contributed by atoms with Gasteiger partial charge in [-0.05, 0) is 30.7 Å². The highest BCUT2D eigenvalue weighted by Gasteiger charge is 2.29. The summed E-state index contributed by atoms with van der Waals surface area (Å²) in [6.07, 6.45) is 2.91. The smallest absolute Gasteiger partial charge is 0.353 e. The highest BCUT2D eigenvalue weighted by Crippen LogP contribution is 2.34. The average Bonchev–Trinajstić information content (AvgIpc) is 2.62. The molecule has 1 aromatic carbocycles. The first kappa shape index (κ1) is 17.9. The van der Waals surface area contributed by atoms with Crippen LogP contribution in [0.2, 0.25) is 0 Å². The Bertz CT molecular complexity index is 768. The van der Waals surface area contributed by atoms with Gasteiger partial charge in [0.2, 0.25) is 17.6 Å². The van der Waals surface area contributed by atoms with E-state index in [-0.39, 0.29) is 11.5 Å². The molecule has 1 saturated heterocycles. The first-order valence-corrected chi connectivity index (χ1v) is 8.89. The maximum atomic E-state index is 11.5. The van der Waals surface area contributed by atoms with E-state index in [0.717, 1.165) is 32.4 Å². The molecule has 138 valence electrons. The van der Waals surface area contributed by atoms with E-state index in [4.69, 9.17) is 5.73 Å². The third kappa shape index (κ3) is 4.19. The van der Waals surface area contributed by atoms with Gasteiger partial charge in [0.15, 0.2) is 0 Å². The molecule has 0 amide bonds. The molecule has 0 saturated carbocycles. The summed E-state index contributed by atoms with van der Waals surface area (Å²) in [6, 6.07) is 10.1. The summed E-state index contributed by atoms with van der Waals surface area (Å²) >= 11 is 0. The normalized spacial score (nSPS) is 17.1. The van der Waals surface area contributed by atoms with Gasteiger partial charge in [-0.2, -0.15) is 9.97 Å². The van der Waals surface area contributed by atoms with Gasteiger partial charge in [0.1, 0.15) is 0 Å². The number of nitrogens with zero attached hydrogens (tertiary/aromatic N) is 4. The lowest BCUT2D eigenvalue weighted by atomic mass is 10.0. The predicted molar refractivity (Wildman–Crippen MR) is 102 cm³/mol. The zero-order valence-corrected chi connectivity index (χ0v) is 14.9. The molecule has 1 aliphatic rings. The van der Waals surface area contributed by atoms with Gasteiger partial charge in [-0.15, -0.1) is 0 Å². The molecule has 2 aromatic rings. The van der Waals surface area contributed by atoms with Crippen LogP contribution in [0.5, 0.6) is 0 Å². The van der Waals surface area contributed by atoms with Crippen molar-refractivity contribution >= 4 is 23.3 Å². The van der Waals surface area contributed by atoms with Crippen LogP contribution in [0, 0.1) is 16.0 Å². The third-order valence-corrected chi connectivity index (χ3v) is 4.57. The fraction of sp³-hybridized carbons (Fsp3) is 0.444. The topological polar surface area (TPSA) is 110 Å². The van der Waals surface area contributed by atoms with Gasteiger partial charge in [0, 0.05) is 19.6 Å². The molecular weight excluding hydrogens is 332 g/mol. The van der Waals surface area contributed by atoms with Crippen molar-refractivity contribution in [2.75, 3.05) is 35.6 Å². The SMILES string of the molecule is CC1CCCN(c2nc(NCCc3ccccc3)nc(N)c2[N+](=O)[O-])C1. The van der Waals surface area contributed by atoms with Gasteiger partial charge < -0.3 is 16.0 Å². The van der Waals surface area contributed by atoms with E-state index in [1.165, 1.54) is 5.56 Å². The van der Waals surface area contributed by atoms with Crippen LogP contribution in [-0.4, -0.2) is 34.5 Å². The van der Waals surface area contributed by atoms with Gasteiger partial charge in [-0.1, -0.05) is 37.3 Å². The van der Waals surface area contributed by atoms with Gasteiger partial charge in [0.25, 0.3) is 0 Å². The van der Waals surface area contributed by atoms with Crippen LogP contribution in [0.25, 0.3) is 0 Å². The minimum absolute atomic E-state index is 0.0968. The Morgan fingerprint density at radius 3 is 2.81 bits per heavy atom. The monoisotopic (exact) mass is 356 g/mol. The molecule has 3 N–H and O–H groups in total. The number of hydrogen-bond donors (Lipinski definition) is 2. The molecule has 1 aromatic heterocycles. The summed E-state index contributed by atoms with van der Waals surface area (Å²) in [5.41, 5.74) is 6.88. The van der Waals surface area contributed by atoms with E-state index in [1.54, 1.807) is 0 Å². The lowest BCUT2D eigenvalue weighted by Gasteiger charge is -2.31. The largest absolute Gasteiger partial charge is 0.378 e. The molecule has 0 radical (unpaired) electrons. The Hall–Kier alpha value is -2.90. The first-order chi connectivity index (χ1) is 12.5. The average molecular weight is 356 g/mol. The van der Waals surface area contributed by atoms with E-state index in [2.05, 4.69) is 22.2 Å². The van der Waals surface area contributed by atoms with Gasteiger partial charge >= 0.3 is 5.69 Å². The summed E-state index contributed by atoms with van der Waals surface area (Å²) in [5, 5.41) is 14.6. The van der Waals surface area contributed by atoms with Crippen molar-refractivity contribution in [3.8, 4) is 0 Å². The number of nitrogen functional groups attached to an aromatic ring is 1. The molecule has 1 atom stereocenters. The third-order valence-electron chi connectivity index (χ3n) is 4.57. The Kier molecular flexibility index (Phi) is 5.50. The molecule has 1 unspecified atom stereocenters. The van der Waals surface area contributed by atoms with Crippen LogP contribution in [-0.2, 0) is 6.42 Å². The van der Waals surface area contributed by atoms with Crippen molar-refractivity contribution in [3.05, 3.63) is 46.0 Å². The van der Waals surface area contributed by atoms with Crippen molar-refractivity contribution in [2.24, 2.45) is 5.92 Å².